The summed E-state index contributed by atoms with van der Waals surface area (Å²) in [6.45, 7) is 4.99. The third-order valence-electron chi connectivity index (χ3n) is 7.27. The topological polar surface area (TPSA) is 99.7 Å². The number of nitrogens with zero attached hydrogens (tertiary/aromatic N) is 4. The number of para-hydroxylation sites is 1. The van der Waals surface area contributed by atoms with Crippen molar-refractivity contribution in [1.82, 2.24) is 14.9 Å². The van der Waals surface area contributed by atoms with Gasteiger partial charge in [0.15, 0.2) is 9.84 Å². The Bertz CT molecular complexity index is 1700. The maximum absolute atomic E-state index is 13.1. The minimum Gasteiger partial charge on any atom is -0.494 e. The highest BCUT2D eigenvalue weighted by Crippen LogP contribution is 2.36. The summed E-state index contributed by atoms with van der Waals surface area (Å²) in [5.74, 6) is 0.778. The van der Waals surface area contributed by atoms with Gasteiger partial charge in [0.25, 0.3) is 0 Å². The first-order chi connectivity index (χ1) is 20.3. The summed E-state index contributed by atoms with van der Waals surface area (Å²) in [5, 5.41) is 8.36. The van der Waals surface area contributed by atoms with Crippen LogP contribution < -0.4 is 20.3 Å². The third-order valence-corrected chi connectivity index (χ3v) is 10.3. The molecule has 0 bridgehead atoms. The van der Waals surface area contributed by atoms with Gasteiger partial charge in [-0.2, -0.15) is 4.98 Å². The summed E-state index contributed by atoms with van der Waals surface area (Å²) in [6, 6.07) is 14.5. The number of fused-ring (bicyclic) bond motifs is 1. The molecule has 1 saturated heterocycles. The van der Waals surface area contributed by atoms with Gasteiger partial charge in [-0.1, -0.05) is 12.1 Å². The van der Waals surface area contributed by atoms with Crippen molar-refractivity contribution in [2.45, 2.75) is 42.9 Å². The lowest BCUT2D eigenvalue weighted by Gasteiger charge is -2.36. The zero-order chi connectivity index (χ0) is 30.9. The van der Waals surface area contributed by atoms with Crippen LogP contribution in [0, 0.1) is 0 Å². The molecule has 2 N–H and O–H groups in total. The van der Waals surface area contributed by atoms with Crippen LogP contribution in [0.5, 0.6) is 5.75 Å². The molecule has 1 aliphatic heterocycles. The smallest absolute Gasteiger partial charge is 0.230 e. The minimum absolute atomic E-state index is 0.157. The number of ether oxygens (including phenoxy) is 1. The Kier molecular flexibility index (Phi) is 7.07. The predicted octanol–water partition coefficient (Wildman–Crippen LogP) is 5.90. The summed E-state index contributed by atoms with van der Waals surface area (Å²) >= 11 is 1.41. The molecular weight excluding hydrogens is 544 g/mol. The van der Waals surface area contributed by atoms with Gasteiger partial charge >= 0.3 is 0 Å². The lowest BCUT2D eigenvalue weighted by molar-refractivity contribution is 0.249. The largest absolute Gasteiger partial charge is 0.494 e. The molecule has 4 aromatic rings. The normalized spacial score (nSPS) is 16.1. The molecule has 0 spiro atoms. The lowest BCUT2D eigenvalue weighted by atomic mass is 10.0. The summed E-state index contributed by atoms with van der Waals surface area (Å²) in [5.41, 5.74) is 1.68. The van der Waals surface area contributed by atoms with Gasteiger partial charge in [-0.25, -0.2) is 13.4 Å². The molecule has 1 aliphatic rings. The van der Waals surface area contributed by atoms with E-state index in [0.29, 0.717) is 28.1 Å². The minimum atomic E-state index is -3.57. The molecule has 3 heterocycles. The van der Waals surface area contributed by atoms with E-state index in [1.807, 2.05) is 17.5 Å². The molecule has 11 heteroatoms. The number of nitrogens with one attached hydrogen (secondary N) is 2. The number of thiophene rings is 1. The Morgan fingerprint density at radius 1 is 1.07 bits per heavy atom. The summed E-state index contributed by atoms with van der Waals surface area (Å²) in [6.07, 6.45) is 2.02. The molecule has 9 nitrogen and oxygen atoms in total. The van der Waals surface area contributed by atoms with E-state index in [2.05, 4.69) is 44.5 Å². The SMILES string of the molecule is [2H]C([2H])([2H])Oc1cc(N2CCC(N(C)C)CC2)ccc1Nc1nc(Nc2ccccc2S(=O)(=O)C(C)C)c2ccsc2n1. The monoisotopic (exact) mass is 583 g/mol. The highest BCUT2D eigenvalue weighted by atomic mass is 32.2. The van der Waals surface area contributed by atoms with E-state index in [1.54, 1.807) is 50.2 Å². The van der Waals surface area contributed by atoms with Crippen molar-refractivity contribution in [2.75, 3.05) is 49.8 Å². The third kappa shape index (κ3) is 5.72. The van der Waals surface area contributed by atoms with E-state index in [0.717, 1.165) is 37.0 Å². The number of hydrogen-bond donors (Lipinski definition) is 2. The van der Waals surface area contributed by atoms with E-state index in [9.17, 15) is 8.42 Å². The molecule has 212 valence electrons. The number of rotatable bonds is 9. The molecular formula is C29H36N6O3S2. The van der Waals surface area contributed by atoms with Crippen LogP contribution in [0.15, 0.2) is 58.8 Å². The van der Waals surface area contributed by atoms with E-state index in [4.69, 9.17) is 8.85 Å². The molecule has 0 radical (unpaired) electrons. The van der Waals surface area contributed by atoms with Crippen molar-refractivity contribution < 1.29 is 17.3 Å². The zero-order valence-corrected chi connectivity index (χ0v) is 24.6. The number of hydrogen-bond acceptors (Lipinski definition) is 10. The molecule has 0 aliphatic carbocycles. The zero-order valence-electron chi connectivity index (χ0n) is 26.0. The predicted molar refractivity (Wildman–Crippen MR) is 165 cm³/mol. The van der Waals surface area contributed by atoms with E-state index in [-0.39, 0.29) is 16.6 Å². The van der Waals surface area contributed by atoms with Crippen molar-refractivity contribution in [3.05, 3.63) is 53.9 Å². The fraction of sp³-hybridized carbons (Fsp3) is 0.379. The van der Waals surface area contributed by atoms with Gasteiger partial charge in [-0.05, 0) is 76.5 Å². The van der Waals surface area contributed by atoms with Crippen LogP contribution in [0.25, 0.3) is 10.2 Å². The second-order valence-electron chi connectivity index (χ2n) is 10.3. The quantitative estimate of drug-likeness (QED) is 0.249. The van der Waals surface area contributed by atoms with Crippen LogP contribution >= 0.6 is 11.3 Å². The fourth-order valence-corrected chi connectivity index (χ4v) is 6.83. The van der Waals surface area contributed by atoms with Crippen molar-refractivity contribution in [1.29, 1.82) is 0 Å². The molecule has 2 aromatic heterocycles. The number of aromatic nitrogens is 2. The van der Waals surface area contributed by atoms with Crippen molar-refractivity contribution in [3.63, 3.8) is 0 Å². The van der Waals surface area contributed by atoms with Gasteiger partial charge in [0, 0.05) is 30.9 Å². The number of benzene rings is 2. The van der Waals surface area contributed by atoms with Crippen LogP contribution in [0.3, 0.4) is 0 Å². The Hall–Kier alpha value is -3.41. The molecule has 0 amide bonds. The molecule has 0 atom stereocenters. The van der Waals surface area contributed by atoms with Crippen LogP contribution in [-0.2, 0) is 9.84 Å². The van der Waals surface area contributed by atoms with Crippen molar-refractivity contribution >= 4 is 60.2 Å². The first kappa shape index (κ1) is 24.4. The number of methoxy groups -OCH3 is 1. The van der Waals surface area contributed by atoms with Crippen LogP contribution in [0.4, 0.5) is 28.8 Å². The highest BCUT2D eigenvalue weighted by molar-refractivity contribution is 7.92. The van der Waals surface area contributed by atoms with Gasteiger partial charge < -0.3 is 25.2 Å². The van der Waals surface area contributed by atoms with E-state index < -0.39 is 22.1 Å². The van der Waals surface area contributed by atoms with Gasteiger partial charge in [0.2, 0.25) is 5.95 Å². The number of sulfone groups is 1. The van der Waals surface area contributed by atoms with Gasteiger partial charge in [0.1, 0.15) is 16.4 Å². The van der Waals surface area contributed by atoms with Crippen LogP contribution in [0.1, 0.15) is 30.8 Å². The Balaban J connectivity index is 1.48. The first-order valence-corrected chi connectivity index (χ1v) is 15.6. The summed E-state index contributed by atoms with van der Waals surface area (Å²) in [4.78, 5) is 14.6. The summed E-state index contributed by atoms with van der Waals surface area (Å²) < 4.78 is 54.8. The first-order valence-electron chi connectivity index (χ1n) is 14.7. The van der Waals surface area contributed by atoms with Gasteiger partial charge in [-0.3, -0.25) is 0 Å². The molecule has 2 aromatic carbocycles. The Labute approximate surface area is 244 Å². The Morgan fingerprint density at radius 2 is 1.85 bits per heavy atom. The number of piperidine rings is 1. The highest BCUT2D eigenvalue weighted by Gasteiger charge is 2.24. The van der Waals surface area contributed by atoms with Crippen LogP contribution in [-0.4, -0.2) is 68.8 Å². The van der Waals surface area contributed by atoms with Gasteiger partial charge in [-0.15, -0.1) is 11.3 Å². The van der Waals surface area contributed by atoms with E-state index >= 15 is 0 Å². The molecule has 0 saturated carbocycles. The lowest BCUT2D eigenvalue weighted by Crippen LogP contribution is -2.41. The average molecular weight is 584 g/mol. The molecule has 5 rings (SSSR count). The summed E-state index contributed by atoms with van der Waals surface area (Å²) in [7, 11) is -2.05. The second-order valence-corrected chi connectivity index (χ2v) is 13.7. The fourth-order valence-electron chi connectivity index (χ4n) is 4.86. The van der Waals surface area contributed by atoms with Gasteiger partial charge in [0.05, 0.1) is 38.1 Å². The molecule has 1 fully saturated rings. The standard InChI is InChI=1S/C29H36N6O3S2/c1-19(2)40(36,37)26-9-7-6-8-24(26)30-27-22-14-17-39-28(22)33-29(32-27)31-23-11-10-21(18-25(23)38-5)35-15-12-20(13-16-35)34(3)4/h6-11,14,17-20H,12-13,15-16H2,1-5H3,(H2,30,31,32,33)/i5D3. The van der Waals surface area contributed by atoms with Crippen molar-refractivity contribution in [2.24, 2.45) is 0 Å². The maximum Gasteiger partial charge on any atom is 0.230 e. The van der Waals surface area contributed by atoms with Crippen LogP contribution in [0.2, 0.25) is 0 Å². The Morgan fingerprint density at radius 3 is 2.58 bits per heavy atom. The van der Waals surface area contributed by atoms with E-state index in [1.165, 1.54) is 11.3 Å². The molecule has 40 heavy (non-hydrogen) atoms. The van der Waals surface area contributed by atoms with Crippen molar-refractivity contribution in [3.8, 4) is 5.75 Å². The second kappa shape index (κ2) is 11.6. The maximum atomic E-state index is 13.1. The molecule has 0 unspecified atom stereocenters. The average Bonchev–Trinajstić information content (AvgIpc) is 3.42. The number of anilines is 5.